The fraction of sp³-hybridized carbons (Fsp3) is 0.400. The fourth-order valence-corrected chi connectivity index (χ4v) is 2.94. The summed E-state index contributed by atoms with van der Waals surface area (Å²) in [6.07, 6.45) is 2.88. The Labute approximate surface area is 147 Å². The van der Waals surface area contributed by atoms with Gasteiger partial charge in [0.15, 0.2) is 0 Å². The minimum absolute atomic E-state index is 0.237. The number of fused-ring (bicyclic) bond motifs is 1. The molecule has 0 aliphatic carbocycles. The summed E-state index contributed by atoms with van der Waals surface area (Å²) in [7, 11) is 0. The predicted molar refractivity (Wildman–Crippen MR) is 93.8 cm³/mol. The molecule has 1 aliphatic heterocycles. The highest BCUT2D eigenvalue weighted by Gasteiger charge is 2.26. The van der Waals surface area contributed by atoms with Gasteiger partial charge < -0.3 is 9.64 Å². The van der Waals surface area contributed by atoms with Crippen LogP contribution in [0.5, 0.6) is 0 Å². The van der Waals surface area contributed by atoms with Gasteiger partial charge in [-0.1, -0.05) is 18.2 Å². The zero-order valence-electron chi connectivity index (χ0n) is 14.9. The summed E-state index contributed by atoms with van der Waals surface area (Å²) in [6.45, 7) is 6.69. The lowest BCUT2D eigenvalue weighted by molar-refractivity contribution is 0.0222. The van der Waals surface area contributed by atoms with Gasteiger partial charge in [-0.2, -0.15) is 0 Å². The van der Waals surface area contributed by atoms with E-state index >= 15 is 0 Å². The van der Waals surface area contributed by atoms with E-state index in [-0.39, 0.29) is 11.9 Å². The maximum atomic E-state index is 13.3. The summed E-state index contributed by atoms with van der Waals surface area (Å²) in [5.74, 6) is -0.237. The number of hydrogen-bond acceptors (Lipinski definition) is 3. The van der Waals surface area contributed by atoms with Crippen molar-refractivity contribution in [3.63, 3.8) is 0 Å². The zero-order chi connectivity index (χ0) is 18.0. The van der Waals surface area contributed by atoms with Crippen LogP contribution in [-0.2, 0) is 24.1 Å². The third-order valence-electron chi connectivity index (χ3n) is 4.05. The Hall–Kier alpha value is -2.43. The highest BCUT2D eigenvalue weighted by Crippen LogP contribution is 2.22. The van der Waals surface area contributed by atoms with Gasteiger partial charge in [0.25, 0.3) is 0 Å². The Kier molecular flexibility index (Phi) is 4.75. The standard InChI is InChI=1S/C20H23FN2O2/c1-20(2,3)25-19(24)23-8-7-18-16(13-23)10-15(12-22-18)9-14-5-4-6-17(21)11-14/h4-6,10-12H,7-9,13H2,1-3H3. The average molecular weight is 342 g/mol. The molecule has 0 saturated heterocycles. The molecule has 0 unspecified atom stereocenters. The van der Waals surface area contributed by atoms with Crippen molar-refractivity contribution in [1.29, 1.82) is 0 Å². The molecule has 0 N–H and O–H groups in total. The number of amides is 1. The van der Waals surface area contributed by atoms with E-state index < -0.39 is 5.60 Å². The van der Waals surface area contributed by atoms with Crippen LogP contribution in [0, 0.1) is 5.82 Å². The van der Waals surface area contributed by atoms with Crippen molar-refractivity contribution in [3.8, 4) is 0 Å². The first-order valence-electron chi connectivity index (χ1n) is 8.49. The number of pyridine rings is 1. The Morgan fingerprint density at radius 3 is 2.80 bits per heavy atom. The molecule has 0 fully saturated rings. The second kappa shape index (κ2) is 6.82. The van der Waals surface area contributed by atoms with Crippen molar-refractivity contribution in [3.05, 3.63) is 64.7 Å². The molecular weight excluding hydrogens is 319 g/mol. The van der Waals surface area contributed by atoms with Gasteiger partial charge in [-0.15, -0.1) is 0 Å². The Morgan fingerprint density at radius 2 is 2.08 bits per heavy atom. The van der Waals surface area contributed by atoms with Crippen LogP contribution in [0.25, 0.3) is 0 Å². The summed E-state index contributed by atoms with van der Waals surface area (Å²) in [4.78, 5) is 18.5. The first-order chi connectivity index (χ1) is 11.8. The number of ether oxygens (including phenoxy) is 1. The summed E-state index contributed by atoms with van der Waals surface area (Å²) in [5, 5.41) is 0. The minimum Gasteiger partial charge on any atom is -0.444 e. The molecular formula is C20H23FN2O2. The molecule has 1 aliphatic rings. The molecule has 0 saturated carbocycles. The number of aromatic nitrogens is 1. The molecule has 0 atom stereocenters. The van der Waals surface area contributed by atoms with Gasteiger partial charge >= 0.3 is 6.09 Å². The van der Waals surface area contributed by atoms with Gasteiger partial charge in [0, 0.05) is 24.9 Å². The number of carbonyl (C=O) groups is 1. The van der Waals surface area contributed by atoms with Crippen molar-refractivity contribution in [2.75, 3.05) is 6.54 Å². The van der Waals surface area contributed by atoms with Crippen molar-refractivity contribution in [2.45, 2.75) is 45.8 Å². The summed E-state index contributed by atoms with van der Waals surface area (Å²) < 4.78 is 18.8. The van der Waals surface area contributed by atoms with E-state index in [1.54, 1.807) is 11.0 Å². The highest BCUT2D eigenvalue weighted by molar-refractivity contribution is 5.68. The largest absolute Gasteiger partial charge is 0.444 e. The van der Waals surface area contributed by atoms with Gasteiger partial charge in [0.1, 0.15) is 11.4 Å². The number of hydrogen-bond donors (Lipinski definition) is 0. The molecule has 0 radical (unpaired) electrons. The van der Waals surface area contributed by atoms with Crippen LogP contribution in [0.2, 0.25) is 0 Å². The van der Waals surface area contributed by atoms with E-state index in [1.807, 2.05) is 33.0 Å². The maximum absolute atomic E-state index is 13.3. The van der Waals surface area contributed by atoms with Crippen LogP contribution in [0.1, 0.15) is 43.2 Å². The molecule has 2 heterocycles. The number of benzene rings is 1. The second-order valence-corrected chi connectivity index (χ2v) is 7.41. The Morgan fingerprint density at radius 1 is 1.28 bits per heavy atom. The SMILES string of the molecule is CC(C)(C)OC(=O)N1CCc2ncc(Cc3cccc(F)c3)cc2C1. The first kappa shape index (κ1) is 17.4. The topological polar surface area (TPSA) is 42.4 Å². The van der Waals surface area contributed by atoms with Gasteiger partial charge in [-0.25, -0.2) is 9.18 Å². The summed E-state index contributed by atoms with van der Waals surface area (Å²) in [5.41, 5.74) is 3.46. The van der Waals surface area contributed by atoms with Crippen LogP contribution >= 0.6 is 0 Å². The molecule has 25 heavy (non-hydrogen) atoms. The van der Waals surface area contributed by atoms with Crippen LogP contribution in [0.4, 0.5) is 9.18 Å². The number of carbonyl (C=O) groups excluding carboxylic acids is 1. The maximum Gasteiger partial charge on any atom is 0.410 e. The lowest BCUT2D eigenvalue weighted by Gasteiger charge is -2.31. The lowest BCUT2D eigenvalue weighted by atomic mass is 10.0. The van der Waals surface area contributed by atoms with Crippen molar-refractivity contribution in [1.82, 2.24) is 9.88 Å². The minimum atomic E-state index is -0.505. The molecule has 3 rings (SSSR count). The first-order valence-corrected chi connectivity index (χ1v) is 8.49. The van der Waals surface area contributed by atoms with Crippen molar-refractivity contribution >= 4 is 6.09 Å². The third kappa shape index (κ3) is 4.56. The molecule has 0 bridgehead atoms. The molecule has 2 aromatic rings. The fourth-order valence-electron chi connectivity index (χ4n) is 2.94. The van der Waals surface area contributed by atoms with Crippen molar-refractivity contribution < 1.29 is 13.9 Å². The monoisotopic (exact) mass is 342 g/mol. The van der Waals surface area contributed by atoms with E-state index in [0.717, 1.165) is 28.8 Å². The Balaban J connectivity index is 1.74. The van der Waals surface area contributed by atoms with E-state index in [1.165, 1.54) is 12.1 Å². The van der Waals surface area contributed by atoms with Crippen molar-refractivity contribution in [2.24, 2.45) is 0 Å². The van der Waals surface area contributed by atoms with Gasteiger partial charge in [0.05, 0.1) is 6.54 Å². The van der Waals surface area contributed by atoms with E-state index in [4.69, 9.17) is 4.74 Å². The van der Waals surface area contributed by atoms with E-state index in [0.29, 0.717) is 19.5 Å². The molecule has 1 aromatic carbocycles. The molecule has 1 aromatic heterocycles. The molecule has 132 valence electrons. The smallest absolute Gasteiger partial charge is 0.410 e. The second-order valence-electron chi connectivity index (χ2n) is 7.41. The lowest BCUT2D eigenvalue weighted by Crippen LogP contribution is -2.40. The predicted octanol–water partition coefficient (Wildman–Crippen LogP) is 4.10. The van der Waals surface area contributed by atoms with Gasteiger partial charge in [0.2, 0.25) is 0 Å². The number of nitrogens with zero attached hydrogens (tertiary/aromatic N) is 2. The summed E-state index contributed by atoms with van der Waals surface area (Å²) >= 11 is 0. The van der Waals surface area contributed by atoms with Crippen LogP contribution < -0.4 is 0 Å². The van der Waals surface area contributed by atoms with E-state index in [2.05, 4.69) is 11.1 Å². The van der Waals surface area contributed by atoms with Gasteiger partial charge in [-0.3, -0.25) is 4.98 Å². The summed E-state index contributed by atoms with van der Waals surface area (Å²) in [6, 6.07) is 8.64. The molecule has 4 nitrogen and oxygen atoms in total. The van der Waals surface area contributed by atoms with Crippen LogP contribution in [0.3, 0.4) is 0 Å². The average Bonchev–Trinajstić information content (AvgIpc) is 2.52. The van der Waals surface area contributed by atoms with Crippen LogP contribution in [-0.4, -0.2) is 28.1 Å². The molecule has 0 spiro atoms. The number of halogens is 1. The molecule has 5 heteroatoms. The normalized spacial score (nSPS) is 14.2. The number of rotatable bonds is 2. The Bertz CT molecular complexity index is 784. The van der Waals surface area contributed by atoms with Gasteiger partial charge in [-0.05, 0) is 56.0 Å². The molecule has 1 amide bonds. The quantitative estimate of drug-likeness (QED) is 0.825. The van der Waals surface area contributed by atoms with Crippen LogP contribution in [0.15, 0.2) is 36.5 Å². The third-order valence-corrected chi connectivity index (χ3v) is 4.05. The van der Waals surface area contributed by atoms with E-state index in [9.17, 15) is 9.18 Å². The zero-order valence-corrected chi connectivity index (χ0v) is 14.9. The highest BCUT2D eigenvalue weighted by atomic mass is 19.1.